The molecule has 1 saturated heterocycles. The minimum absolute atomic E-state index is 0.00798. The highest BCUT2D eigenvalue weighted by molar-refractivity contribution is 7.09. The minimum Gasteiger partial charge on any atom is -0.367 e. The van der Waals surface area contributed by atoms with Crippen LogP contribution >= 0.6 is 11.3 Å². The van der Waals surface area contributed by atoms with E-state index in [1.165, 1.54) is 4.88 Å². The molecule has 0 saturated carbocycles. The number of benzene rings is 1. The lowest BCUT2D eigenvalue weighted by atomic mass is 9.91. The Kier molecular flexibility index (Phi) is 4.22. The average Bonchev–Trinajstić information content (AvgIpc) is 2.94. The van der Waals surface area contributed by atoms with Gasteiger partial charge in [-0.2, -0.15) is 0 Å². The summed E-state index contributed by atoms with van der Waals surface area (Å²) in [6.45, 7) is 1.29. The van der Waals surface area contributed by atoms with E-state index in [9.17, 15) is 8.78 Å². The fourth-order valence-electron chi connectivity index (χ4n) is 3.04. The van der Waals surface area contributed by atoms with E-state index < -0.39 is 11.6 Å². The molecule has 0 spiro atoms. The Labute approximate surface area is 127 Å². The quantitative estimate of drug-likeness (QED) is 0.941. The van der Waals surface area contributed by atoms with Crippen molar-refractivity contribution in [3.63, 3.8) is 0 Å². The summed E-state index contributed by atoms with van der Waals surface area (Å²) < 4.78 is 27.4. The Bertz CT molecular complexity index is 600. The number of hydrogen-bond acceptors (Lipinski definition) is 3. The summed E-state index contributed by atoms with van der Waals surface area (Å²) >= 11 is 1.73. The molecule has 1 aromatic carbocycles. The molecule has 2 nitrogen and oxygen atoms in total. The van der Waals surface area contributed by atoms with Gasteiger partial charge in [-0.05, 0) is 42.3 Å². The summed E-state index contributed by atoms with van der Waals surface area (Å²) in [5.41, 5.74) is 6.44. The molecule has 1 aliphatic rings. The normalized spacial score (nSPS) is 22.5. The summed E-state index contributed by atoms with van der Waals surface area (Å²) in [7, 11) is 0. The molecule has 2 N–H and O–H groups in total. The molecule has 2 heterocycles. The lowest BCUT2D eigenvalue weighted by molar-refractivity contribution is 0.372. The minimum atomic E-state index is -0.804. The fraction of sp³-hybridized carbons (Fsp3) is 0.375. The highest BCUT2D eigenvalue weighted by Gasteiger charge is 2.27. The van der Waals surface area contributed by atoms with Crippen LogP contribution in [0.2, 0.25) is 0 Å². The van der Waals surface area contributed by atoms with Crippen LogP contribution in [0.25, 0.3) is 0 Å². The van der Waals surface area contributed by atoms with Gasteiger partial charge in [-0.3, -0.25) is 0 Å². The maximum absolute atomic E-state index is 14.0. The van der Waals surface area contributed by atoms with Gasteiger partial charge in [0.25, 0.3) is 0 Å². The monoisotopic (exact) mass is 308 g/mol. The van der Waals surface area contributed by atoms with Gasteiger partial charge in [0, 0.05) is 24.0 Å². The number of thiophene rings is 1. The maximum Gasteiger partial charge on any atom is 0.182 e. The highest BCUT2D eigenvalue weighted by Crippen LogP contribution is 2.28. The van der Waals surface area contributed by atoms with Crippen LogP contribution in [0.15, 0.2) is 35.7 Å². The Morgan fingerprint density at radius 1 is 1.19 bits per heavy atom. The van der Waals surface area contributed by atoms with Crippen LogP contribution in [-0.4, -0.2) is 19.1 Å². The van der Waals surface area contributed by atoms with Crippen molar-refractivity contribution in [2.45, 2.75) is 18.9 Å². The summed E-state index contributed by atoms with van der Waals surface area (Å²) in [4.78, 5) is 3.19. The van der Waals surface area contributed by atoms with E-state index in [4.69, 9.17) is 5.73 Å². The highest BCUT2D eigenvalue weighted by atomic mass is 32.1. The van der Waals surface area contributed by atoms with Crippen molar-refractivity contribution in [3.05, 3.63) is 52.2 Å². The van der Waals surface area contributed by atoms with Crippen molar-refractivity contribution in [1.82, 2.24) is 0 Å². The van der Waals surface area contributed by atoms with Gasteiger partial charge in [0.2, 0.25) is 0 Å². The molecule has 21 heavy (non-hydrogen) atoms. The zero-order chi connectivity index (χ0) is 14.8. The van der Waals surface area contributed by atoms with Gasteiger partial charge in [-0.1, -0.05) is 12.1 Å². The van der Waals surface area contributed by atoms with Crippen molar-refractivity contribution in [2.24, 2.45) is 11.7 Å². The predicted octanol–water partition coefficient (Wildman–Crippen LogP) is 3.42. The van der Waals surface area contributed by atoms with Crippen molar-refractivity contribution < 1.29 is 8.78 Å². The van der Waals surface area contributed by atoms with Gasteiger partial charge in [0.1, 0.15) is 0 Å². The van der Waals surface area contributed by atoms with Gasteiger partial charge in [0.05, 0.1) is 5.69 Å². The number of hydrogen-bond donors (Lipinski definition) is 1. The van der Waals surface area contributed by atoms with Crippen LogP contribution in [0.3, 0.4) is 0 Å². The van der Waals surface area contributed by atoms with Crippen molar-refractivity contribution >= 4 is 17.0 Å². The van der Waals surface area contributed by atoms with Crippen LogP contribution in [0.1, 0.15) is 11.3 Å². The van der Waals surface area contributed by atoms with Gasteiger partial charge in [0.15, 0.2) is 11.6 Å². The number of nitrogens with two attached hydrogens (primary N) is 1. The number of piperidine rings is 1. The maximum atomic E-state index is 14.0. The molecular weight excluding hydrogens is 290 g/mol. The molecular formula is C16H18F2N2S. The van der Waals surface area contributed by atoms with Crippen molar-refractivity contribution in [3.8, 4) is 0 Å². The molecule has 0 amide bonds. The predicted molar refractivity (Wildman–Crippen MR) is 82.7 cm³/mol. The second-order valence-electron chi connectivity index (χ2n) is 5.62. The molecule has 1 aliphatic heterocycles. The Morgan fingerprint density at radius 2 is 2.05 bits per heavy atom. The van der Waals surface area contributed by atoms with Gasteiger partial charge < -0.3 is 10.6 Å². The van der Waals surface area contributed by atoms with E-state index in [1.807, 2.05) is 11.0 Å². The zero-order valence-corrected chi connectivity index (χ0v) is 12.5. The molecule has 0 aliphatic carbocycles. The van der Waals surface area contributed by atoms with Crippen LogP contribution in [0.5, 0.6) is 0 Å². The van der Waals surface area contributed by atoms with Gasteiger partial charge in [-0.15, -0.1) is 11.3 Å². The number of halogens is 2. The van der Waals surface area contributed by atoms with E-state index in [1.54, 1.807) is 23.5 Å². The van der Waals surface area contributed by atoms with Crippen LogP contribution < -0.4 is 10.6 Å². The number of nitrogens with zero attached hydrogens (tertiary/aromatic N) is 1. The first-order valence-electron chi connectivity index (χ1n) is 7.10. The molecule has 1 fully saturated rings. The molecule has 2 atom stereocenters. The Morgan fingerprint density at radius 3 is 2.81 bits per heavy atom. The number of rotatable bonds is 3. The first-order valence-corrected chi connectivity index (χ1v) is 7.98. The first-order chi connectivity index (χ1) is 10.1. The van der Waals surface area contributed by atoms with Crippen LogP contribution in [-0.2, 0) is 6.42 Å². The second-order valence-corrected chi connectivity index (χ2v) is 6.66. The molecule has 1 aromatic heterocycles. The third-order valence-electron chi connectivity index (χ3n) is 3.91. The molecule has 112 valence electrons. The summed E-state index contributed by atoms with van der Waals surface area (Å²) in [5.74, 6) is -1.21. The molecule has 0 bridgehead atoms. The van der Waals surface area contributed by atoms with Gasteiger partial charge >= 0.3 is 0 Å². The summed E-state index contributed by atoms with van der Waals surface area (Å²) in [6, 6.07) is 8.45. The fourth-order valence-corrected chi connectivity index (χ4v) is 3.86. The standard InChI is InChI=1S/C16H18F2N2S/c17-14-4-1-5-15(16(14)18)20-9-11(7-12(19)10-20)8-13-3-2-6-21-13/h1-6,11-12H,7-10,19H2. The number of anilines is 1. The van der Waals surface area contributed by atoms with Gasteiger partial charge in [-0.25, -0.2) is 8.78 Å². The molecule has 0 radical (unpaired) electrons. The molecule has 2 aromatic rings. The van der Waals surface area contributed by atoms with Crippen LogP contribution in [0, 0.1) is 17.6 Å². The average molecular weight is 308 g/mol. The van der Waals surface area contributed by atoms with E-state index in [0.29, 0.717) is 24.7 Å². The van der Waals surface area contributed by atoms with E-state index in [0.717, 1.165) is 18.9 Å². The Balaban J connectivity index is 1.78. The second kappa shape index (κ2) is 6.12. The first kappa shape index (κ1) is 14.5. The molecule has 2 unspecified atom stereocenters. The smallest absolute Gasteiger partial charge is 0.182 e. The lowest BCUT2D eigenvalue weighted by Crippen LogP contribution is -2.48. The SMILES string of the molecule is NC1CC(Cc2cccs2)CN(c2cccc(F)c2F)C1. The van der Waals surface area contributed by atoms with Crippen molar-refractivity contribution in [2.75, 3.05) is 18.0 Å². The third kappa shape index (κ3) is 3.24. The zero-order valence-electron chi connectivity index (χ0n) is 11.6. The molecule has 5 heteroatoms. The van der Waals surface area contributed by atoms with E-state index >= 15 is 0 Å². The lowest BCUT2D eigenvalue weighted by Gasteiger charge is -2.38. The third-order valence-corrected chi connectivity index (χ3v) is 4.81. The summed E-state index contributed by atoms with van der Waals surface area (Å²) in [5, 5.41) is 2.06. The largest absolute Gasteiger partial charge is 0.367 e. The van der Waals surface area contributed by atoms with Crippen molar-refractivity contribution in [1.29, 1.82) is 0 Å². The van der Waals surface area contributed by atoms with E-state index in [-0.39, 0.29) is 6.04 Å². The topological polar surface area (TPSA) is 29.3 Å². The summed E-state index contributed by atoms with van der Waals surface area (Å²) in [6.07, 6.45) is 1.87. The molecule has 3 rings (SSSR count). The Hall–Kier alpha value is -1.46. The van der Waals surface area contributed by atoms with Crippen LogP contribution in [0.4, 0.5) is 14.5 Å². The van der Waals surface area contributed by atoms with E-state index in [2.05, 4.69) is 11.4 Å².